The smallest absolute Gasteiger partial charge is 0.396 e. The lowest BCUT2D eigenvalue weighted by Crippen LogP contribution is -2.17. The van der Waals surface area contributed by atoms with Crippen LogP contribution in [-0.2, 0) is 10.0 Å². The first-order chi connectivity index (χ1) is 15.3. The van der Waals surface area contributed by atoms with E-state index in [1.807, 2.05) is 19.9 Å². The molecule has 164 valence electrons. The third-order valence-electron chi connectivity index (χ3n) is 5.05. The van der Waals surface area contributed by atoms with E-state index in [0.29, 0.717) is 27.3 Å². The summed E-state index contributed by atoms with van der Waals surface area (Å²) in [5, 5.41) is 3.16. The SMILES string of the molecule is COc1ccc(S(=O)(=O)N=C(Nc2cc3sc(=O)oc3c(C)c2C)c2ccccc2)cc1. The normalized spacial score (nSPS) is 12.2. The summed E-state index contributed by atoms with van der Waals surface area (Å²) in [4.78, 5) is 11.4. The number of anilines is 1. The number of amidine groups is 1. The van der Waals surface area contributed by atoms with Crippen molar-refractivity contribution in [3.05, 3.63) is 87.1 Å². The van der Waals surface area contributed by atoms with Crippen LogP contribution in [0.4, 0.5) is 5.69 Å². The minimum Gasteiger partial charge on any atom is -0.497 e. The van der Waals surface area contributed by atoms with E-state index in [1.54, 1.807) is 42.5 Å². The number of benzene rings is 3. The molecule has 4 rings (SSSR count). The summed E-state index contributed by atoms with van der Waals surface area (Å²) in [6.07, 6.45) is 0. The molecule has 0 radical (unpaired) electrons. The lowest BCUT2D eigenvalue weighted by Gasteiger charge is -2.14. The second kappa shape index (κ2) is 8.60. The number of nitrogens with zero attached hydrogens (tertiary/aromatic N) is 1. The summed E-state index contributed by atoms with van der Waals surface area (Å²) >= 11 is 0.993. The molecular weight excluding hydrogens is 448 g/mol. The van der Waals surface area contributed by atoms with Crippen LogP contribution in [0.3, 0.4) is 0 Å². The summed E-state index contributed by atoms with van der Waals surface area (Å²) < 4.78 is 41.3. The molecule has 7 nitrogen and oxygen atoms in total. The second-order valence-corrected chi connectivity index (χ2v) is 9.62. The van der Waals surface area contributed by atoms with Gasteiger partial charge in [-0.2, -0.15) is 8.42 Å². The predicted molar refractivity (Wildman–Crippen MR) is 127 cm³/mol. The number of methoxy groups -OCH3 is 1. The number of rotatable bonds is 5. The van der Waals surface area contributed by atoms with Crippen LogP contribution >= 0.6 is 11.3 Å². The molecule has 0 fully saturated rings. The molecule has 0 saturated carbocycles. The van der Waals surface area contributed by atoms with Crippen LogP contribution in [0.5, 0.6) is 5.75 Å². The van der Waals surface area contributed by atoms with Crippen molar-refractivity contribution in [2.45, 2.75) is 18.7 Å². The number of hydrogen-bond acceptors (Lipinski definition) is 6. The number of aryl methyl sites for hydroxylation is 1. The fourth-order valence-corrected chi connectivity index (χ4v) is 4.93. The Morgan fingerprint density at radius 3 is 2.38 bits per heavy atom. The third-order valence-corrected chi connectivity index (χ3v) is 7.12. The molecule has 1 N–H and O–H groups in total. The molecule has 0 spiro atoms. The average Bonchev–Trinajstić information content (AvgIpc) is 3.17. The maximum Gasteiger partial charge on any atom is 0.396 e. The summed E-state index contributed by atoms with van der Waals surface area (Å²) in [7, 11) is -2.50. The molecule has 9 heteroatoms. The fraction of sp³-hybridized carbons (Fsp3) is 0.130. The Morgan fingerprint density at radius 2 is 1.72 bits per heavy atom. The maximum absolute atomic E-state index is 13.1. The van der Waals surface area contributed by atoms with Gasteiger partial charge in [-0.05, 0) is 55.3 Å². The largest absolute Gasteiger partial charge is 0.497 e. The van der Waals surface area contributed by atoms with Crippen LogP contribution in [0.15, 0.2) is 79.2 Å². The highest BCUT2D eigenvalue weighted by atomic mass is 32.2. The molecule has 0 aliphatic rings. The van der Waals surface area contributed by atoms with Crippen molar-refractivity contribution in [1.82, 2.24) is 0 Å². The van der Waals surface area contributed by atoms with Crippen LogP contribution in [0.2, 0.25) is 0 Å². The quantitative estimate of drug-likeness (QED) is 0.336. The lowest BCUT2D eigenvalue weighted by atomic mass is 10.1. The van der Waals surface area contributed by atoms with Gasteiger partial charge in [-0.25, -0.2) is 4.79 Å². The first kappa shape index (κ1) is 21.8. The van der Waals surface area contributed by atoms with Gasteiger partial charge in [0.2, 0.25) is 0 Å². The maximum atomic E-state index is 13.1. The van der Waals surface area contributed by atoms with Gasteiger partial charge in [0.05, 0.1) is 16.7 Å². The molecule has 4 aromatic rings. The van der Waals surface area contributed by atoms with E-state index in [9.17, 15) is 13.2 Å². The summed E-state index contributed by atoms with van der Waals surface area (Å²) in [6, 6.07) is 16.8. The van der Waals surface area contributed by atoms with E-state index in [2.05, 4.69) is 9.71 Å². The van der Waals surface area contributed by atoms with Crippen LogP contribution in [-0.4, -0.2) is 21.4 Å². The van der Waals surface area contributed by atoms with E-state index < -0.39 is 15.0 Å². The Hall–Kier alpha value is -3.43. The van der Waals surface area contributed by atoms with E-state index in [4.69, 9.17) is 9.15 Å². The van der Waals surface area contributed by atoms with Crippen molar-refractivity contribution < 1.29 is 17.6 Å². The predicted octanol–water partition coefficient (Wildman–Crippen LogP) is 4.73. The topological polar surface area (TPSA) is 98.0 Å². The Labute approximate surface area is 189 Å². The number of hydrogen-bond donors (Lipinski definition) is 1. The zero-order valence-electron chi connectivity index (χ0n) is 17.6. The van der Waals surface area contributed by atoms with Gasteiger partial charge in [-0.3, -0.25) is 0 Å². The molecule has 3 aromatic carbocycles. The van der Waals surface area contributed by atoms with E-state index in [0.717, 1.165) is 22.5 Å². The molecule has 0 unspecified atom stereocenters. The highest BCUT2D eigenvalue weighted by Crippen LogP contribution is 2.30. The minimum absolute atomic E-state index is 0.0462. The van der Waals surface area contributed by atoms with Crippen LogP contribution in [0.25, 0.3) is 10.3 Å². The zero-order chi connectivity index (χ0) is 22.9. The average molecular weight is 469 g/mol. The summed E-state index contributed by atoms with van der Waals surface area (Å²) in [6.45, 7) is 3.72. The molecule has 0 aliphatic heterocycles. The van der Waals surface area contributed by atoms with Crippen molar-refractivity contribution in [3.8, 4) is 5.75 Å². The fourth-order valence-electron chi connectivity index (χ4n) is 3.18. The third kappa shape index (κ3) is 4.30. The highest BCUT2D eigenvalue weighted by Gasteiger charge is 2.18. The van der Waals surface area contributed by atoms with Gasteiger partial charge in [0.15, 0.2) is 11.4 Å². The molecule has 1 heterocycles. The molecule has 0 bridgehead atoms. The highest BCUT2D eigenvalue weighted by molar-refractivity contribution is 7.90. The Balaban J connectivity index is 1.83. The first-order valence-corrected chi connectivity index (χ1v) is 11.9. The van der Waals surface area contributed by atoms with Gasteiger partial charge < -0.3 is 14.5 Å². The van der Waals surface area contributed by atoms with Gasteiger partial charge >= 0.3 is 4.94 Å². The van der Waals surface area contributed by atoms with Crippen LogP contribution < -0.4 is 15.0 Å². The monoisotopic (exact) mass is 468 g/mol. The second-order valence-electron chi connectivity index (χ2n) is 7.04. The Kier molecular flexibility index (Phi) is 5.86. The lowest BCUT2D eigenvalue weighted by molar-refractivity contribution is 0.414. The number of sulfonamides is 1. The first-order valence-electron chi connectivity index (χ1n) is 9.64. The summed E-state index contributed by atoms with van der Waals surface area (Å²) in [5.41, 5.74) is 3.40. The molecule has 1 aromatic heterocycles. The molecular formula is C23H20N2O5S2. The molecule has 32 heavy (non-hydrogen) atoms. The van der Waals surface area contributed by atoms with Gasteiger partial charge in [0.25, 0.3) is 10.0 Å². The van der Waals surface area contributed by atoms with Gasteiger partial charge in [0, 0.05) is 11.3 Å². The van der Waals surface area contributed by atoms with Crippen molar-refractivity contribution in [3.63, 3.8) is 0 Å². The molecule has 0 atom stereocenters. The molecule has 0 saturated heterocycles. The van der Waals surface area contributed by atoms with Crippen LogP contribution in [0.1, 0.15) is 16.7 Å². The minimum atomic E-state index is -4.01. The van der Waals surface area contributed by atoms with Gasteiger partial charge in [0.1, 0.15) is 5.75 Å². The zero-order valence-corrected chi connectivity index (χ0v) is 19.2. The molecule has 0 amide bonds. The van der Waals surface area contributed by atoms with Gasteiger partial charge in [-0.15, -0.1) is 4.40 Å². The van der Waals surface area contributed by atoms with Crippen molar-refractivity contribution in [1.29, 1.82) is 0 Å². The Morgan fingerprint density at radius 1 is 1.03 bits per heavy atom. The van der Waals surface area contributed by atoms with Crippen molar-refractivity contribution >= 4 is 43.2 Å². The summed E-state index contributed by atoms with van der Waals surface area (Å²) in [5.74, 6) is 0.715. The van der Waals surface area contributed by atoms with E-state index >= 15 is 0 Å². The van der Waals surface area contributed by atoms with Crippen LogP contribution in [0, 0.1) is 13.8 Å². The number of ether oxygens (including phenoxy) is 1. The Bertz CT molecular complexity index is 1470. The standard InChI is InChI=1S/C23H20N2O5S2/c1-14-15(2)21-20(31-23(26)30-21)13-19(14)24-22(16-7-5-4-6-8-16)25-32(27,28)18-11-9-17(29-3)10-12-18/h4-13H,1-3H3,(H,24,25). The van der Waals surface area contributed by atoms with Gasteiger partial charge in [-0.1, -0.05) is 41.7 Å². The van der Waals surface area contributed by atoms with Crippen molar-refractivity contribution in [2.75, 3.05) is 12.4 Å². The van der Waals surface area contributed by atoms with E-state index in [1.165, 1.54) is 19.2 Å². The van der Waals surface area contributed by atoms with Crippen molar-refractivity contribution in [2.24, 2.45) is 4.40 Å². The number of nitrogens with one attached hydrogen (secondary N) is 1. The van der Waals surface area contributed by atoms with E-state index in [-0.39, 0.29) is 10.7 Å². The molecule has 0 aliphatic carbocycles. The number of fused-ring (bicyclic) bond motifs is 1.